The summed E-state index contributed by atoms with van der Waals surface area (Å²) in [7, 11) is 0. The van der Waals surface area contributed by atoms with E-state index in [1.54, 1.807) is 6.20 Å². The molecule has 1 aliphatic rings. The number of benzene rings is 1. The normalized spacial score (nSPS) is 13.8. The summed E-state index contributed by atoms with van der Waals surface area (Å²) in [6, 6.07) is 9.15. The molecule has 0 saturated carbocycles. The first-order chi connectivity index (χ1) is 9.68. The highest BCUT2D eigenvalue weighted by molar-refractivity contribution is 5.89. The van der Waals surface area contributed by atoms with E-state index in [9.17, 15) is 14.7 Å². The van der Waals surface area contributed by atoms with Crippen molar-refractivity contribution in [3.63, 3.8) is 0 Å². The standard InChI is InChI=1S/C16H15NO3/c18-15-14(16(19)20)13-9-5-4-6-11(13)10-17(15)12-7-2-1-3-8-12/h1-3,7-8,10H,4-6,9H2,(H,19,20). The summed E-state index contributed by atoms with van der Waals surface area (Å²) in [4.78, 5) is 23.9. The molecule has 0 unspecified atom stereocenters. The maximum absolute atomic E-state index is 12.5. The third kappa shape index (κ3) is 2.03. The van der Waals surface area contributed by atoms with Crippen LogP contribution in [0.1, 0.15) is 34.3 Å². The van der Waals surface area contributed by atoms with Crippen LogP contribution < -0.4 is 5.56 Å². The Balaban J connectivity index is 2.30. The van der Waals surface area contributed by atoms with E-state index in [0.29, 0.717) is 12.1 Å². The Kier molecular flexibility index (Phi) is 3.14. The quantitative estimate of drug-likeness (QED) is 0.910. The van der Waals surface area contributed by atoms with Crippen molar-refractivity contribution in [1.82, 2.24) is 4.57 Å². The van der Waals surface area contributed by atoms with Gasteiger partial charge in [0.05, 0.1) is 0 Å². The number of hydrogen-bond donors (Lipinski definition) is 1. The number of fused-ring (bicyclic) bond motifs is 1. The van der Waals surface area contributed by atoms with E-state index >= 15 is 0 Å². The zero-order valence-corrected chi connectivity index (χ0v) is 11.0. The van der Waals surface area contributed by atoms with Crippen LogP contribution in [0.2, 0.25) is 0 Å². The number of aromatic nitrogens is 1. The van der Waals surface area contributed by atoms with Crippen LogP contribution in [0.5, 0.6) is 0 Å². The fourth-order valence-electron chi connectivity index (χ4n) is 2.82. The molecular weight excluding hydrogens is 254 g/mol. The average molecular weight is 269 g/mol. The van der Waals surface area contributed by atoms with Crippen molar-refractivity contribution in [3.05, 3.63) is 63.6 Å². The lowest BCUT2D eigenvalue weighted by molar-refractivity contribution is 0.0693. The predicted molar refractivity (Wildman–Crippen MR) is 75.6 cm³/mol. The molecular formula is C16H15NO3. The number of pyridine rings is 1. The summed E-state index contributed by atoms with van der Waals surface area (Å²) in [6.07, 6.45) is 5.31. The molecule has 0 atom stereocenters. The maximum Gasteiger partial charge on any atom is 0.341 e. The molecule has 0 radical (unpaired) electrons. The number of carbonyl (C=O) groups is 1. The maximum atomic E-state index is 12.5. The van der Waals surface area contributed by atoms with Gasteiger partial charge in [-0.15, -0.1) is 0 Å². The third-order valence-corrected chi connectivity index (χ3v) is 3.78. The van der Waals surface area contributed by atoms with Gasteiger partial charge in [0.1, 0.15) is 5.56 Å². The average Bonchev–Trinajstić information content (AvgIpc) is 2.47. The fraction of sp³-hybridized carbons (Fsp3) is 0.250. The molecule has 0 fully saturated rings. The van der Waals surface area contributed by atoms with Gasteiger partial charge in [-0.1, -0.05) is 18.2 Å². The van der Waals surface area contributed by atoms with Gasteiger partial charge in [0, 0.05) is 11.9 Å². The first-order valence-electron chi connectivity index (χ1n) is 6.74. The van der Waals surface area contributed by atoms with Gasteiger partial charge in [0.15, 0.2) is 0 Å². The number of aromatic carboxylic acids is 1. The van der Waals surface area contributed by atoms with E-state index in [4.69, 9.17) is 0 Å². The van der Waals surface area contributed by atoms with E-state index in [-0.39, 0.29) is 5.56 Å². The summed E-state index contributed by atoms with van der Waals surface area (Å²) >= 11 is 0. The van der Waals surface area contributed by atoms with Crippen molar-refractivity contribution in [2.24, 2.45) is 0 Å². The second-order valence-corrected chi connectivity index (χ2v) is 5.03. The number of carboxylic acid groups (broad SMARTS) is 1. The molecule has 0 spiro atoms. The van der Waals surface area contributed by atoms with Gasteiger partial charge in [-0.2, -0.15) is 0 Å². The Morgan fingerprint density at radius 2 is 1.80 bits per heavy atom. The summed E-state index contributed by atoms with van der Waals surface area (Å²) in [5, 5.41) is 9.38. The zero-order chi connectivity index (χ0) is 14.1. The SMILES string of the molecule is O=C(O)c1c2c(cn(-c3ccccc3)c1=O)CCCC2. The molecule has 1 aromatic carbocycles. The van der Waals surface area contributed by atoms with Crippen molar-refractivity contribution in [1.29, 1.82) is 0 Å². The Labute approximate surface area is 116 Å². The van der Waals surface area contributed by atoms with Gasteiger partial charge in [0.25, 0.3) is 5.56 Å². The van der Waals surface area contributed by atoms with Crippen LogP contribution in [0.3, 0.4) is 0 Å². The van der Waals surface area contributed by atoms with E-state index in [0.717, 1.165) is 30.4 Å². The zero-order valence-electron chi connectivity index (χ0n) is 11.0. The van der Waals surface area contributed by atoms with E-state index < -0.39 is 11.5 Å². The first kappa shape index (κ1) is 12.7. The van der Waals surface area contributed by atoms with Gasteiger partial charge in [-0.3, -0.25) is 9.36 Å². The fourth-order valence-corrected chi connectivity index (χ4v) is 2.82. The van der Waals surface area contributed by atoms with Crippen LogP contribution in [-0.2, 0) is 12.8 Å². The number of carboxylic acids is 1. The van der Waals surface area contributed by atoms with E-state index in [1.165, 1.54) is 4.57 Å². The topological polar surface area (TPSA) is 59.3 Å². The lowest BCUT2D eigenvalue weighted by atomic mass is 9.90. The number of aryl methyl sites for hydroxylation is 1. The Hall–Kier alpha value is -2.36. The molecule has 0 aliphatic heterocycles. The van der Waals surface area contributed by atoms with Crippen LogP contribution in [-0.4, -0.2) is 15.6 Å². The molecule has 1 aliphatic carbocycles. The molecule has 1 aromatic heterocycles. The van der Waals surface area contributed by atoms with Crippen molar-refractivity contribution in [2.45, 2.75) is 25.7 Å². The molecule has 102 valence electrons. The van der Waals surface area contributed by atoms with Gasteiger partial charge in [-0.25, -0.2) is 4.79 Å². The van der Waals surface area contributed by atoms with Gasteiger partial charge in [0.2, 0.25) is 0 Å². The molecule has 4 heteroatoms. The molecule has 20 heavy (non-hydrogen) atoms. The van der Waals surface area contributed by atoms with Crippen molar-refractivity contribution < 1.29 is 9.90 Å². The van der Waals surface area contributed by atoms with E-state index in [2.05, 4.69) is 0 Å². The minimum absolute atomic E-state index is 0.0638. The molecule has 3 rings (SSSR count). The van der Waals surface area contributed by atoms with Crippen LogP contribution in [0, 0.1) is 0 Å². The number of rotatable bonds is 2. The molecule has 1 heterocycles. The third-order valence-electron chi connectivity index (χ3n) is 3.78. The minimum atomic E-state index is -1.13. The lowest BCUT2D eigenvalue weighted by Crippen LogP contribution is -2.29. The van der Waals surface area contributed by atoms with Crippen LogP contribution in [0.25, 0.3) is 5.69 Å². The van der Waals surface area contributed by atoms with Crippen LogP contribution in [0.15, 0.2) is 41.3 Å². The smallest absolute Gasteiger partial charge is 0.341 e. The van der Waals surface area contributed by atoms with Crippen LogP contribution in [0.4, 0.5) is 0 Å². The highest BCUT2D eigenvalue weighted by Gasteiger charge is 2.23. The molecule has 2 aromatic rings. The summed E-state index contributed by atoms with van der Waals surface area (Å²) in [5.41, 5.74) is 1.90. The predicted octanol–water partition coefficient (Wildman–Crippen LogP) is 2.41. The minimum Gasteiger partial charge on any atom is -0.477 e. The van der Waals surface area contributed by atoms with Gasteiger partial charge in [-0.05, 0) is 48.9 Å². The molecule has 4 nitrogen and oxygen atoms in total. The lowest BCUT2D eigenvalue weighted by Gasteiger charge is -2.19. The number of nitrogens with zero attached hydrogens (tertiary/aromatic N) is 1. The molecule has 0 saturated heterocycles. The van der Waals surface area contributed by atoms with Gasteiger partial charge < -0.3 is 5.11 Å². The highest BCUT2D eigenvalue weighted by Crippen LogP contribution is 2.23. The summed E-state index contributed by atoms with van der Waals surface area (Å²) < 4.78 is 1.45. The Morgan fingerprint density at radius 1 is 1.10 bits per heavy atom. The first-order valence-corrected chi connectivity index (χ1v) is 6.74. The molecule has 0 bridgehead atoms. The molecule has 0 amide bonds. The number of hydrogen-bond acceptors (Lipinski definition) is 2. The van der Waals surface area contributed by atoms with Crippen molar-refractivity contribution in [3.8, 4) is 5.69 Å². The molecule has 1 N–H and O–H groups in total. The van der Waals surface area contributed by atoms with Crippen molar-refractivity contribution in [2.75, 3.05) is 0 Å². The Bertz CT molecular complexity index is 716. The second-order valence-electron chi connectivity index (χ2n) is 5.03. The number of para-hydroxylation sites is 1. The second kappa shape index (κ2) is 4.96. The van der Waals surface area contributed by atoms with Crippen LogP contribution >= 0.6 is 0 Å². The largest absolute Gasteiger partial charge is 0.477 e. The van der Waals surface area contributed by atoms with Crippen molar-refractivity contribution >= 4 is 5.97 Å². The highest BCUT2D eigenvalue weighted by atomic mass is 16.4. The summed E-state index contributed by atoms with van der Waals surface area (Å²) in [5.74, 6) is -1.13. The Morgan fingerprint density at radius 3 is 2.50 bits per heavy atom. The van der Waals surface area contributed by atoms with E-state index in [1.807, 2.05) is 30.3 Å². The van der Waals surface area contributed by atoms with Gasteiger partial charge >= 0.3 is 5.97 Å². The monoisotopic (exact) mass is 269 g/mol. The summed E-state index contributed by atoms with van der Waals surface area (Å²) in [6.45, 7) is 0.